The molecule has 0 bridgehead atoms. The van der Waals surface area contributed by atoms with E-state index in [0.717, 1.165) is 5.56 Å². The number of carbonyl (C=O) groups is 1. The third-order valence-electron chi connectivity index (χ3n) is 2.70. The minimum Gasteiger partial charge on any atom is -0.294 e. The minimum absolute atomic E-state index is 0.152. The maximum absolute atomic E-state index is 13.4. The maximum Gasteiger partial charge on any atom is 0.166 e. The highest BCUT2D eigenvalue weighted by Gasteiger charge is 2.10. The first kappa shape index (κ1) is 12.8. The van der Waals surface area contributed by atoms with Crippen LogP contribution in [-0.4, -0.2) is 5.78 Å². The van der Waals surface area contributed by atoms with Crippen LogP contribution in [-0.2, 0) is 6.42 Å². The van der Waals surface area contributed by atoms with Crippen molar-refractivity contribution in [3.63, 3.8) is 0 Å². The number of carbonyl (C=O) groups excluding carboxylic acids is 1. The van der Waals surface area contributed by atoms with Gasteiger partial charge in [-0.15, -0.1) is 0 Å². The van der Waals surface area contributed by atoms with Crippen LogP contribution in [0.5, 0.6) is 0 Å². The van der Waals surface area contributed by atoms with Gasteiger partial charge in [-0.3, -0.25) is 4.79 Å². The smallest absolute Gasteiger partial charge is 0.166 e. The van der Waals surface area contributed by atoms with Crippen LogP contribution in [0.2, 0.25) is 5.02 Å². The lowest BCUT2D eigenvalue weighted by Crippen LogP contribution is -2.03. The summed E-state index contributed by atoms with van der Waals surface area (Å²) in [4.78, 5) is 11.9. The highest BCUT2D eigenvalue weighted by Crippen LogP contribution is 2.15. The molecule has 0 atom stereocenters. The molecule has 0 unspecified atom stereocenters. The third kappa shape index (κ3) is 3.17. The van der Waals surface area contributed by atoms with Crippen LogP contribution in [0.25, 0.3) is 0 Å². The Morgan fingerprint density at radius 2 is 1.89 bits per heavy atom. The fourth-order valence-electron chi connectivity index (χ4n) is 1.77. The second kappa shape index (κ2) is 5.78. The molecular weight excluding hydrogens is 251 g/mol. The molecule has 0 aromatic heterocycles. The molecular formula is C15H12ClFO. The molecule has 2 aromatic rings. The summed E-state index contributed by atoms with van der Waals surface area (Å²) in [7, 11) is 0. The van der Waals surface area contributed by atoms with E-state index in [2.05, 4.69) is 0 Å². The third-order valence-corrected chi connectivity index (χ3v) is 2.94. The number of benzene rings is 2. The zero-order chi connectivity index (χ0) is 13.0. The zero-order valence-electron chi connectivity index (χ0n) is 9.70. The molecule has 0 heterocycles. The van der Waals surface area contributed by atoms with Gasteiger partial charge >= 0.3 is 0 Å². The molecule has 0 N–H and O–H groups in total. The summed E-state index contributed by atoms with van der Waals surface area (Å²) in [6.45, 7) is 0. The van der Waals surface area contributed by atoms with Crippen molar-refractivity contribution in [1.29, 1.82) is 0 Å². The first-order valence-electron chi connectivity index (χ1n) is 5.69. The molecule has 0 radical (unpaired) electrons. The van der Waals surface area contributed by atoms with Crippen LogP contribution >= 0.6 is 11.6 Å². The van der Waals surface area contributed by atoms with Crippen molar-refractivity contribution < 1.29 is 9.18 Å². The van der Waals surface area contributed by atoms with Crippen molar-refractivity contribution in [2.45, 2.75) is 12.8 Å². The SMILES string of the molecule is O=C(CCc1cccc(Cl)c1)c1ccccc1F. The van der Waals surface area contributed by atoms with Gasteiger partial charge in [0.15, 0.2) is 5.78 Å². The van der Waals surface area contributed by atoms with E-state index in [0.29, 0.717) is 11.4 Å². The van der Waals surface area contributed by atoms with E-state index in [1.165, 1.54) is 12.1 Å². The first-order valence-corrected chi connectivity index (χ1v) is 6.07. The molecule has 0 spiro atoms. The molecule has 0 fully saturated rings. The number of hydrogen-bond donors (Lipinski definition) is 0. The lowest BCUT2D eigenvalue weighted by molar-refractivity contribution is 0.0979. The number of ketones is 1. The number of halogens is 2. The van der Waals surface area contributed by atoms with E-state index >= 15 is 0 Å². The van der Waals surface area contributed by atoms with E-state index in [9.17, 15) is 9.18 Å². The maximum atomic E-state index is 13.4. The Morgan fingerprint density at radius 1 is 1.11 bits per heavy atom. The highest BCUT2D eigenvalue weighted by molar-refractivity contribution is 6.30. The standard InChI is InChI=1S/C15H12ClFO/c16-12-5-3-4-11(10-12)8-9-15(18)13-6-1-2-7-14(13)17/h1-7,10H,8-9H2. The molecule has 0 aliphatic heterocycles. The van der Waals surface area contributed by atoms with Gasteiger partial charge in [-0.05, 0) is 36.2 Å². The van der Waals surface area contributed by atoms with Crippen LogP contribution in [0, 0.1) is 5.82 Å². The molecule has 0 amide bonds. The molecule has 18 heavy (non-hydrogen) atoms. The summed E-state index contributed by atoms with van der Waals surface area (Å²) in [5.41, 5.74) is 1.13. The van der Waals surface area contributed by atoms with E-state index in [-0.39, 0.29) is 17.8 Å². The van der Waals surface area contributed by atoms with Crippen molar-refractivity contribution in [2.75, 3.05) is 0 Å². The Hall–Kier alpha value is -1.67. The molecule has 0 saturated carbocycles. The summed E-state index contributed by atoms with van der Waals surface area (Å²) < 4.78 is 13.4. The van der Waals surface area contributed by atoms with Gasteiger partial charge in [-0.25, -0.2) is 4.39 Å². The number of Topliss-reactive ketones (excluding diaryl/α,β-unsaturated/α-hetero) is 1. The fraction of sp³-hybridized carbons (Fsp3) is 0.133. The van der Waals surface area contributed by atoms with Crippen LogP contribution in [0.4, 0.5) is 4.39 Å². The van der Waals surface area contributed by atoms with Gasteiger partial charge in [-0.2, -0.15) is 0 Å². The Morgan fingerprint density at radius 3 is 2.61 bits per heavy atom. The van der Waals surface area contributed by atoms with E-state index < -0.39 is 5.82 Å². The van der Waals surface area contributed by atoms with Crippen LogP contribution in [0.15, 0.2) is 48.5 Å². The largest absolute Gasteiger partial charge is 0.294 e. The molecule has 3 heteroatoms. The molecule has 0 aliphatic carbocycles. The van der Waals surface area contributed by atoms with Gasteiger partial charge < -0.3 is 0 Å². The minimum atomic E-state index is -0.464. The predicted octanol–water partition coefficient (Wildman–Crippen LogP) is 4.29. The normalized spacial score (nSPS) is 10.3. The van der Waals surface area contributed by atoms with Crippen molar-refractivity contribution >= 4 is 17.4 Å². The van der Waals surface area contributed by atoms with Gasteiger partial charge in [0.1, 0.15) is 5.82 Å². The number of hydrogen-bond acceptors (Lipinski definition) is 1. The highest BCUT2D eigenvalue weighted by atomic mass is 35.5. The quantitative estimate of drug-likeness (QED) is 0.751. The van der Waals surface area contributed by atoms with Crippen molar-refractivity contribution in [3.05, 3.63) is 70.5 Å². The summed E-state index contributed by atoms with van der Waals surface area (Å²) in [5, 5.41) is 0.644. The van der Waals surface area contributed by atoms with Crippen LogP contribution in [0.1, 0.15) is 22.3 Å². The first-order chi connectivity index (χ1) is 8.66. The number of rotatable bonds is 4. The zero-order valence-corrected chi connectivity index (χ0v) is 10.5. The second-order valence-electron chi connectivity index (χ2n) is 4.03. The summed E-state index contributed by atoms with van der Waals surface area (Å²) in [5.74, 6) is -0.651. The predicted molar refractivity (Wildman–Crippen MR) is 70.5 cm³/mol. The van der Waals surface area contributed by atoms with Crippen molar-refractivity contribution in [3.8, 4) is 0 Å². The molecule has 2 rings (SSSR count). The molecule has 92 valence electrons. The Labute approximate surface area is 110 Å². The van der Waals surface area contributed by atoms with Crippen LogP contribution in [0.3, 0.4) is 0 Å². The topological polar surface area (TPSA) is 17.1 Å². The summed E-state index contributed by atoms with van der Waals surface area (Å²) >= 11 is 5.86. The number of aryl methyl sites for hydroxylation is 1. The Bertz CT molecular complexity index is 566. The Kier molecular flexibility index (Phi) is 4.11. The monoisotopic (exact) mass is 262 g/mol. The Balaban J connectivity index is 2.03. The van der Waals surface area contributed by atoms with Crippen LogP contribution < -0.4 is 0 Å². The molecule has 1 nitrogen and oxygen atoms in total. The lowest BCUT2D eigenvalue weighted by atomic mass is 10.0. The average molecular weight is 263 g/mol. The van der Waals surface area contributed by atoms with E-state index in [1.54, 1.807) is 18.2 Å². The summed E-state index contributed by atoms with van der Waals surface area (Å²) in [6.07, 6.45) is 0.842. The lowest BCUT2D eigenvalue weighted by Gasteiger charge is -2.03. The second-order valence-corrected chi connectivity index (χ2v) is 4.47. The van der Waals surface area contributed by atoms with Crippen molar-refractivity contribution in [1.82, 2.24) is 0 Å². The molecule has 0 aliphatic rings. The van der Waals surface area contributed by atoms with Gasteiger partial charge in [0.25, 0.3) is 0 Å². The summed E-state index contributed by atoms with van der Waals surface area (Å²) in [6, 6.07) is 13.4. The van der Waals surface area contributed by atoms with Gasteiger partial charge in [0, 0.05) is 11.4 Å². The van der Waals surface area contributed by atoms with Gasteiger partial charge in [0.05, 0.1) is 5.56 Å². The van der Waals surface area contributed by atoms with E-state index in [1.807, 2.05) is 18.2 Å². The van der Waals surface area contributed by atoms with E-state index in [4.69, 9.17) is 11.6 Å². The fourth-order valence-corrected chi connectivity index (χ4v) is 1.99. The van der Waals surface area contributed by atoms with Gasteiger partial charge in [0.2, 0.25) is 0 Å². The van der Waals surface area contributed by atoms with Crippen molar-refractivity contribution in [2.24, 2.45) is 0 Å². The molecule has 0 saturated heterocycles. The average Bonchev–Trinajstić information content (AvgIpc) is 2.37. The molecule has 2 aromatic carbocycles. The van der Waals surface area contributed by atoms with Gasteiger partial charge in [-0.1, -0.05) is 35.9 Å².